The van der Waals surface area contributed by atoms with Crippen LogP contribution in [0.3, 0.4) is 0 Å². The van der Waals surface area contributed by atoms with Gasteiger partial charge in [0, 0.05) is 5.41 Å². The Morgan fingerprint density at radius 2 is 2.36 bits per heavy atom. The molecule has 1 saturated carbocycles. The molecule has 0 bridgehead atoms. The van der Waals surface area contributed by atoms with E-state index >= 15 is 0 Å². The van der Waals surface area contributed by atoms with Crippen LogP contribution < -0.4 is 0 Å². The molecule has 4 atom stereocenters. The largest absolute Gasteiger partial charge is 0.360 e. The Labute approximate surface area is 74.4 Å². The van der Waals surface area contributed by atoms with E-state index in [1.165, 1.54) is 0 Å². The van der Waals surface area contributed by atoms with Crippen LogP contribution in [0.15, 0.2) is 0 Å². The summed E-state index contributed by atoms with van der Waals surface area (Å²) in [6, 6.07) is 0. The predicted octanol–water partition coefficient (Wildman–Crippen LogP) is 2.63. The lowest BCUT2D eigenvalue weighted by molar-refractivity contribution is 0.0339. The van der Waals surface area contributed by atoms with Gasteiger partial charge in [-0.05, 0) is 12.8 Å². The SMILES string of the molecule is CC[C@H]1OC(Br)[C@@]2(F)C[C@]12C. The van der Waals surface area contributed by atoms with Crippen molar-refractivity contribution >= 4 is 15.9 Å². The van der Waals surface area contributed by atoms with Gasteiger partial charge in [-0.15, -0.1) is 0 Å². The molecule has 1 aliphatic heterocycles. The zero-order valence-electron chi connectivity index (χ0n) is 6.73. The normalized spacial score (nSPS) is 61.1. The van der Waals surface area contributed by atoms with E-state index < -0.39 is 5.67 Å². The molecule has 2 fully saturated rings. The molecule has 64 valence electrons. The van der Waals surface area contributed by atoms with Gasteiger partial charge in [0.2, 0.25) is 0 Å². The van der Waals surface area contributed by atoms with Crippen LogP contribution in [0.1, 0.15) is 26.7 Å². The summed E-state index contributed by atoms with van der Waals surface area (Å²) in [6.45, 7) is 4.02. The van der Waals surface area contributed by atoms with Crippen LogP contribution in [0.2, 0.25) is 0 Å². The van der Waals surface area contributed by atoms with Crippen molar-refractivity contribution in [2.24, 2.45) is 5.41 Å². The van der Waals surface area contributed by atoms with E-state index in [0.717, 1.165) is 6.42 Å². The lowest BCUT2D eigenvalue weighted by Gasteiger charge is -2.15. The summed E-state index contributed by atoms with van der Waals surface area (Å²) in [6.07, 6.45) is 1.68. The number of halogens is 2. The van der Waals surface area contributed by atoms with Gasteiger partial charge in [-0.25, -0.2) is 4.39 Å². The Hall–Kier alpha value is 0.370. The summed E-state index contributed by atoms with van der Waals surface area (Å²) in [5, 5.41) is -0.370. The maximum absolute atomic E-state index is 13.7. The van der Waals surface area contributed by atoms with Crippen LogP contribution in [0.4, 0.5) is 4.39 Å². The molecule has 0 amide bonds. The minimum Gasteiger partial charge on any atom is -0.360 e. The highest BCUT2D eigenvalue weighted by atomic mass is 79.9. The zero-order valence-corrected chi connectivity index (χ0v) is 8.32. The molecule has 1 nitrogen and oxygen atoms in total. The average Bonchev–Trinajstić information content (AvgIpc) is 2.45. The van der Waals surface area contributed by atoms with Crippen molar-refractivity contribution in [3.05, 3.63) is 0 Å². The second kappa shape index (κ2) is 1.99. The Bertz CT molecular complexity index is 199. The monoisotopic (exact) mass is 222 g/mol. The predicted molar refractivity (Wildman–Crippen MR) is 44.4 cm³/mol. The topological polar surface area (TPSA) is 9.23 Å². The lowest BCUT2D eigenvalue weighted by Crippen LogP contribution is -2.18. The fourth-order valence-electron chi connectivity index (χ4n) is 2.16. The molecule has 1 heterocycles. The van der Waals surface area contributed by atoms with E-state index in [9.17, 15) is 4.39 Å². The van der Waals surface area contributed by atoms with E-state index in [0.29, 0.717) is 6.42 Å². The molecule has 11 heavy (non-hydrogen) atoms. The van der Waals surface area contributed by atoms with Crippen molar-refractivity contribution in [2.75, 3.05) is 0 Å². The fraction of sp³-hybridized carbons (Fsp3) is 1.00. The Morgan fingerprint density at radius 3 is 2.55 bits per heavy atom. The second-order valence-electron chi connectivity index (χ2n) is 3.81. The van der Waals surface area contributed by atoms with Gasteiger partial charge in [0.05, 0.1) is 6.10 Å². The number of rotatable bonds is 1. The van der Waals surface area contributed by atoms with Crippen molar-refractivity contribution < 1.29 is 9.13 Å². The van der Waals surface area contributed by atoms with Gasteiger partial charge in [0.25, 0.3) is 0 Å². The number of alkyl halides is 2. The number of fused-ring (bicyclic) bond motifs is 1. The average molecular weight is 223 g/mol. The van der Waals surface area contributed by atoms with Crippen LogP contribution in [-0.4, -0.2) is 16.8 Å². The molecule has 3 heteroatoms. The molecular formula is C8H12BrFO. The maximum Gasteiger partial charge on any atom is 0.155 e. The van der Waals surface area contributed by atoms with Gasteiger partial charge < -0.3 is 4.74 Å². The first-order chi connectivity index (χ1) is 5.04. The minimum atomic E-state index is -1.08. The molecule has 1 saturated heterocycles. The molecule has 2 rings (SSSR count). The van der Waals surface area contributed by atoms with Gasteiger partial charge in [-0.1, -0.05) is 29.8 Å². The summed E-state index contributed by atoms with van der Waals surface area (Å²) >= 11 is 3.22. The first-order valence-corrected chi connectivity index (χ1v) is 4.94. The highest BCUT2D eigenvalue weighted by molar-refractivity contribution is 9.09. The standard InChI is InChI=1S/C8H12BrFO/c1-3-5-7(2)4-8(7,10)6(9)11-5/h5-6H,3-4H2,1-2H3/t5-,6?,7-,8+/m1/s1. The van der Waals surface area contributed by atoms with E-state index in [1.807, 2.05) is 13.8 Å². The van der Waals surface area contributed by atoms with E-state index in [2.05, 4.69) is 15.9 Å². The number of ether oxygens (including phenoxy) is 1. The molecule has 0 aromatic carbocycles. The molecule has 0 aromatic heterocycles. The molecule has 2 aliphatic rings. The molecule has 0 spiro atoms. The van der Waals surface area contributed by atoms with Crippen LogP contribution in [0, 0.1) is 5.41 Å². The summed E-state index contributed by atoms with van der Waals surface area (Å²) in [5.41, 5.74) is -1.27. The molecule has 0 radical (unpaired) electrons. The summed E-state index contributed by atoms with van der Waals surface area (Å²) < 4.78 is 19.1. The molecular weight excluding hydrogens is 211 g/mol. The van der Waals surface area contributed by atoms with Crippen molar-refractivity contribution in [2.45, 2.75) is 43.5 Å². The summed E-state index contributed by atoms with van der Waals surface area (Å²) in [7, 11) is 0. The third kappa shape index (κ3) is 0.738. The van der Waals surface area contributed by atoms with Gasteiger partial charge in [0.1, 0.15) is 5.01 Å². The summed E-state index contributed by atoms with van der Waals surface area (Å²) in [4.78, 5) is 0. The zero-order chi connectivity index (χ0) is 8.28. The summed E-state index contributed by atoms with van der Waals surface area (Å²) in [5.74, 6) is 0. The van der Waals surface area contributed by atoms with Crippen molar-refractivity contribution in [1.29, 1.82) is 0 Å². The van der Waals surface area contributed by atoms with Crippen molar-refractivity contribution in [1.82, 2.24) is 0 Å². The molecule has 0 aromatic rings. The van der Waals surface area contributed by atoms with Crippen LogP contribution >= 0.6 is 15.9 Å². The van der Waals surface area contributed by atoms with Gasteiger partial charge >= 0.3 is 0 Å². The van der Waals surface area contributed by atoms with Crippen LogP contribution in [-0.2, 0) is 4.74 Å². The fourth-order valence-corrected chi connectivity index (χ4v) is 3.11. The Morgan fingerprint density at radius 1 is 1.73 bits per heavy atom. The third-order valence-electron chi connectivity index (χ3n) is 3.17. The third-order valence-corrected chi connectivity index (χ3v) is 4.12. The highest BCUT2D eigenvalue weighted by Gasteiger charge is 2.77. The molecule has 0 N–H and O–H groups in total. The number of hydrogen-bond acceptors (Lipinski definition) is 1. The first-order valence-electron chi connectivity index (χ1n) is 4.03. The highest BCUT2D eigenvalue weighted by Crippen LogP contribution is 2.70. The van der Waals surface area contributed by atoms with Gasteiger partial charge in [0.15, 0.2) is 5.67 Å². The van der Waals surface area contributed by atoms with Gasteiger partial charge in [-0.2, -0.15) is 0 Å². The van der Waals surface area contributed by atoms with E-state index in [4.69, 9.17) is 4.74 Å². The smallest absolute Gasteiger partial charge is 0.155 e. The van der Waals surface area contributed by atoms with E-state index in [1.54, 1.807) is 0 Å². The minimum absolute atomic E-state index is 0.108. The lowest BCUT2D eigenvalue weighted by atomic mass is 9.98. The molecule has 1 aliphatic carbocycles. The van der Waals surface area contributed by atoms with E-state index in [-0.39, 0.29) is 16.5 Å². The first kappa shape index (κ1) is 7.99. The maximum atomic E-state index is 13.7. The number of hydrogen-bond donors (Lipinski definition) is 0. The quantitative estimate of drug-likeness (QED) is 0.621. The van der Waals surface area contributed by atoms with Crippen LogP contribution in [0.25, 0.3) is 0 Å². The van der Waals surface area contributed by atoms with Crippen molar-refractivity contribution in [3.63, 3.8) is 0 Å². The van der Waals surface area contributed by atoms with Crippen molar-refractivity contribution in [3.8, 4) is 0 Å². The van der Waals surface area contributed by atoms with Crippen LogP contribution in [0.5, 0.6) is 0 Å². The Balaban J connectivity index is 2.23. The molecule has 1 unspecified atom stereocenters. The Kier molecular flexibility index (Phi) is 1.45. The second-order valence-corrected chi connectivity index (χ2v) is 4.64. The van der Waals surface area contributed by atoms with Gasteiger partial charge in [-0.3, -0.25) is 0 Å².